The number of aromatic nitrogens is 1. The predicted molar refractivity (Wildman–Crippen MR) is 49.6 cm³/mol. The molecule has 0 unspecified atom stereocenters. The Hall–Kier alpha value is -1.40. The number of aromatic amines is 1. The lowest BCUT2D eigenvalue weighted by atomic mass is 10.2. The van der Waals surface area contributed by atoms with Gasteiger partial charge in [-0.05, 0) is 6.07 Å². The van der Waals surface area contributed by atoms with Crippen LogP contribution in [-0.4, -0.2) is 13.4 Å². The minimum atomic E-state index is -3.80. The van der Waals surface area contributed by atoms with Crippen LogP contribution in [0.4, 0.5) is 4.39 Å². The molecule has 0 aliphatic rings. The Morgan fingerprint density at radius 1 is 1.36 bits per heavy atom. The molecule has 1 aromatic heterocycles. The standard InChI is InChI=1S/C8H7FN2O2S/c9-6-3-1-2-5-7(14(10,12)13)4-11-8(5)6/h1-4,11H,(H2,10,12,13). The van der Waals surface area contributed by atoms with E-state index in [1.54, 1.807) is 0 Å². The summed E-state index contributed by atoms with van der Waals surface area (Å²) in [6.45, 7) is 0. The van der Waals surface area contributed by atoms with E-state index in [4.69, 9.17) is 5.14 Å². The molecule has 0 saturated carbocycles. The Morgan fingerprint density at radius 2 is 2.07 bits per heavy atom. The second-order valence-corrected chi connectivity index (χ2v) is 4.39. The van der Waals surface area contributed by atoms with Crippen molar-refractivity contribution >= 4 is 20.9 Å². The fourth-order valence-electron chi connectivity index (χ4n) is 1.33. The number of halogens is 1. The first kappa shape index (κ1) is 9.17. The summed E-state index contributed by atoms with van der Waals surface area (Å²) >= 11 is 0. The summed E-state index contributed by atoms with van der Waals surface area (Å²) in [5.41, 5.74) is 0.150. The van der Waals surface area contributed by atoms with Crippen molar-refractivity contribution in [1.29, 1.82) is 0 Å². The van der Waals surface area contributed by atoms with E-state index >= 15 is 0 Å². The molecule has 0 amide bonds. The van der Waals surface area contributed by atoms with Crippen molar-refractivity contribution in [1.82, 2.24) is 4.98 Å². The molecule has 2 aromatic rings. The maximum Gasteiger partial charge on any atom is 0.240 e. The maximum atomic E-state index is 13.1. The third-order valence-corrected chi connectivity index (χ3v) is 2.88. The molecule has 3 N–H and O–H groups in total. The van der Waals surface area contributed by atoms with Gasteiger partial charge in [0.2, 0.25) is 10.0 Å². The molecular weight excluding hydrogens is 207 g/mol. The average molecular weight is 214 g/mol. The Balaban J connectivity index is 2.90. The first-order valence-corrected chi connectivity index (χ1v) is 5.33. The summed E-state index contributed by atoms with van der Waals surface area (Å²) in [7, 11) is -3.80. The number of rotatable bonds is 1. The Labute approximate surface area is 79.6 Å². The van der Waals surface area contributed by atoms with Gasteiger partial charge in [0.25, 0.3) is 0 Å². The summed E-state index contributed by atoms with van der Waals surface area (Å²) in [6, 6.07) is 4.17. The van der Waals surface area contributed by atoms with Gasteiger partial charge in [-0.25, -0.2) is 17.9 Å². The highest BCUT2D eigenvalue weighted by Crippen LogP contribution is 2.23. The first-order valence-electron chi connectivity index (χ1n) is 3.78. The van der Waals surface area contributed by atoms with Gasteiger partial charge < -0.3 is 4.98 Å². The minimum Gasteiger partial charge on any atom is -0.357 e. The van der Waals surface area contributed by atoms with E-state index in [0.29, 0.717) is 0 Å². The fourth-order valence-corrected chi connectivity index (χ4v) is 2.03. The van der Waals surface area contributed by atoms with Gasteiger partial charge in [0.1, 0.15) is 10.7 Å². The molecule has 0 spiro atoms. The number of para-hydroxylation sites is 1. The van der Waals surface area contributed by atoms with E-state index < -0.39 is 15.8 Å². The first-order chi connectivity index (χ1) is 6.50. The van der Waals surface area contributed by atoms with Gasteiger partial charge in [-0.1, -0.05) is 12.1 Å². The third-order valence-electron chi connectivity index (χ3n) is 1.93. The molecule has 0 bridgehead atoms. The van der Waals surface area contributed by atoms with Gasteiger partial charge in [0.05, 0.1) is 5.52 Å². The predicted octanol–water partition coefficient (Wildman–Crippen LogP) is 0.954. The molecule has 0 fully saturated rings. The Kier molecular flexibility index (Phi) is 1.83. The number of benzene rings is 1. The van der Waals surface area contributed by atoms with Gasteiger partial charge >= 0.3 is 0 Å². The van der Waals surface area contributed by atoms with Crippen molar-refractivity contribution in [3.63, 3.8) is 0 Å². The van der Waals surface area contributed by atoms with Crippen molar-refractivity contribution in [2.24, 2.45) is 5.14 Å². The highest BCUT2D eigenvalue weighted by atomic mass is 32.2. The van der Waals surface area contributed by atoms with Crippen LogP contribution in [0, 0.1) is 5.82 Å². The molecule has 1 heterocycles. The lowest BCUT2D eigenvalue weighted by Gasteiger charge is -1.94. The van der Waals surface area contributed by atoms with E-state index in [1.807, 2.05) is 0 Å². The fraction of sp³-hybridized carbons (Fsp3) is 0. The van der Waals surface area contributed by atoms with Gasteiger partial charge in [0, 0.05) is 11.6 Å². The second kappa shape index (κ2) is 2.79. The Bertz CT molecular complexity index is 588. The van der Waals surface area contributed by atoms with Gasteiger partial charge in [-0.2, -0.15) is 0 Å². The number of sulfonamides is 1. The lowest BCUT2D eigenvalue weighted by Crippen LogP contribution is -2.11. The van der Waals surface area contributed by atoms with E-state index in [9.17, 15) is 12.8 Å². The number of nitrogens with one attached hydrogen (secondary N) is 1. The highest BCUT2D eigenvalue weighted by molar-refractivity contribution is 7.89. The molecule has 0 aliphatic carbocycles. The van der Waals surface area contributed by atoms with Crippen LogP contribution in [0.15, 0.2) is 29.3 Å². The van der Waals surface area contributed by atoms with Crippen LogP contribution in [0.25, 0.3) is 10.9 Å². The van der Waals surface area contributed by atoms with Gasteiger partial charge in [-0.15, -0.1) is 0 Å². The van der Waals surface area contributed by atoms with Crippen LogP contribution >= 0.6 is 0 Å². The minimum absolute atomic E-state index is 0.0907. The van der Waals surface area contributed by atoms with Crippen LogP contribution < -0.4 is 5.14 Å². The summed E-state index contributed by atoms with van der Waals surface area (Å²) in [5, 5.41) is 5.22. The van der Waals surface area contributed by atoms with Crippen molar-refractivity contribution in [2.45, 2.75) is 4.90 Å². The van der Waals surface area contributed by atoms with Crippen LogP contribution in [0.1, 0.15) is 0 Å². The molecule has 0 aliphatic heterocycles. The van der Waals surface area contributed by atoms with Crippen molar-refractivity contribution in [3.05, 3.63) is 30.2 Å². The number of H-pyrrole nitrogens is 1. The van der Waals surface area contributed by atoms with Crippen molar-refractivity contribution in [3.8, 4) is 0 Å². The van der Waals surface area contributed by atoms with Gasteiger partial charge in [0.15, 0.2) is 0 Å². The summed E-state index contributed by atoms with van der Waals surface area (Å²) < 4.78 is 35.2. The van der Waals surface area contributed by atoms with Crippen molar-refractivity contribution < 1.29 is 12.8 Å². The molecular formula is C8H7FN2O2S. The third kappa shape index (κ3) is 1.28. The topological polar surface area (TPSA) is 76.0 Å². The number of hydrogen-bond donors (Lipinski definition) is 2. The molecule has 0 atom stereocenters. The summed E-state index contributed by atoms with van der Waals surface area (Å²) in [4.78, 5) is 2.44. The second-order valence-electron chi connectivity index (χ2n) is 2.86. The summed E-state index contributed by atoms with van der Waals surface area (Å²) in [5.74, 6) is -0.502. The van der Waals surface area contributed by atoms with Gasteiger partial charge in [-0.3, -0.25) is 0 Å². The molecule has 14 heavy (non-hydrogen) atoms. The molecule has 2 rings (SSSR count). The van der Waals surface area contributed by atoms with E-state index in [0.717, 1.165) is 0 Å². The average Bonchev–Trinajstić information content (AvgIpc) is 2.47. The van der Waals surface area contributed by atoms with E-state index in [2.05, 4.69) is 4.98 Å². The molecule has 1 aromatic carbocycles. The molecule has 0 radical (unpaired) electrons. The maximum absolute atomic E-state index is 13.1. The van der Waals surface area contributed by atoms with Crippen LogP contribution in [-0.2, 0) is 10.0 Å². The largest absolute Gasteiger partial charge is 0.357 e. The number of fused-ring (bicyclic) bond motifs is 1. The zero-order valence-electron chi connectivity index (χ0n) is 6.99. The van der Waals surface area contributed by atoms with Crippen LogP contribution in [0.2, 0.25) is 0 Å². The number of primary sulfonamides is 1. The Morgan fingerprint density at radius 3 is 2.71 bits per heavy atom. The SMILES string of the molecule is NS(=O)(=O)c1c[nH]c2c(F)cccc12. The molecule has 6 heteroatoms. The van der Waals surface area contributed by atoms with Crippen LogP contribution in [0.3, 0.4) is 0 Å². The smallest absolute Gasteiger partial charge is 0.240 e. The number of hydrogen-bond acceptors (Lipinski definition) is 2. The van der Waals surface area contributed by atoms with E-state index in [-0.39, 0.29) is 15.8 Å². The van der Waals surface area contributed by atoms with Crippen molar-refractivity contribution in [2.75, 3.05) is 0 Å². The molecule has 0 saturated heterocycles. The zero-order chi connectivity index (χ0) is 10.3. The van der Waals surface area contributed by atoms with Crippen LogP contribution in [0.5, 0.6) is 0 Å². The zero-order valence-corrected chi connectivity index (χ0v) is 7.81. The number of nitrogens with two attached hydrogens (primary N) is 1. The van der Waals surface area contributed by atoms with E-state index in [1.165, 1.54) is 24.4 Å². The quantitative estimate of drug-likeness (QED) is 0.741. The summed E-state index contributed by atoms with van der Waals surface area (Å²) in [6.07, 6.45) is 1.18. The normalized spacial score (nSPS) is 12.1. The monoisotopic (exact) mass is 214 g/mol. The lowest BCUT2D eigenvalue weighted by molar-refractivity contribution is 0.598. The molecule has 74 valence electrons. The molecule has 4 nitrogen and oxygen atoms in total. The highest BCUT2D eigenvalue weighted by Gasteiger charge is 2.15.